The number of nitrogens with two attached hydrogens (primary N) is 1. The molecule has 0 aliphatic carbocycles. The highest BCUT2D eigenvalue weighted by Gasteiger charge is 2.46. The summed E-state index contributed by atoms with van der Waals surface area (Å²) in [5.41, 5.74) is 8.22. The van der Waals surface area contributed by atoms with Gasteiger partial charge >= 0.3 is 5.69 Å². The molecule has 3 aliphatic heterocycles. The Labute approximate surface area is 197 Å². The molecule has 34 heavy (non-hydrogen) atoms. The van der Waals surface area contributed by atoms with Crippen LogP contribution in [0.5, 0.6) is 0 Å². The molecule has 2 amide bonds. The number of aromatic nitrogens is 2. The second kappa shape index (κ2) is 9.61. The summed E-state index contributed by atoms with van der Waals surface area (Å²) in [7, 11) is 1.74. The minimum absolute atomic E-state index is 0.129. The smallest absolute Gasteiger partial charge is 0.329 e. The highest BCUT2D eigenvalue weighted by molar-refractivity contribution is 6.00. The number of rotatable bonds is 8. The Hall–Kier alpha value is -2.53. The molecule has 10 heteroatoms. The first-order valence-corrected chi connectivity index (χ1v) is 12.2. The van der Waals surface area contributed by atoms with Crippen LogP contribution in [0.4, 0.5) is 0 Å². The molecule has 3 saturated heterocycles. The first kappa shape index (κ1) is 23.2. The van der Waals surface area contributed by atoms with Gasteiger partial charge in [-0.3, -0.25) is 24.0 Å². The number of imidazole rings is 1. The van der Waals surface area contributed by atoms with Crippen molar-refractivity contribution in [1.29, 1.82) is 0 Å². The predicted octanol–water partition coefficient (Wildman–Crippen LogP) is -0.171. The number of piperidine rings is 1. The van der Waals surface area contributed by atoms with Crippen LogP contribution in [0.1, 0.15) is 30.9 Å². The van der Waals surface area contributed by atoms with Gasteiger partial charge in [0.15, 0.2) is 0 Å². The maximum atomic E-state index is 13.0. The standard InChI is InChI=1S/C24H33N5O5/c1-28-20-14(5-3-9-26-11-16-13-34-21-15(10-25)12-33-22(16)21)4-2-6-17(20)29(24(28)32)18-7-8-19(30)27-23(18)31/h2,4,6,15-16,18,21-22,26H,3,5,7-13,25H2,1H3,(H,27,30,31). The van der Waals surface area contributed by atoms with Gasteiger partial charge in [0, 0.05) is 31.8 Å². The number of aryl methyl sites for hydroxylation is 2. The van der Waals surface area contributed by atoms with Gasteiger partial charge in [0.05, 0.1) is 36.5 Å². The maximum absolute atomic E-state index is 13.0. The zero-order valence-corrected chi connectivity index (χ0v) is 19.5. The summed E-state index contributed by atoms with van der Waals surface area (Å²) in [5.74, 6) is -0.0633. The van der Waals surface area contributed by atoms with Crippen LogP contribution in [-0.2, 0) is 32.5 Å². The summed E-state index contributed by atoms with van der Waals surface area (Å²) in [6, 6.07) is 5.16. The number of nitrogens with zero attached hydrogens (tertiary/aromatic N) is 2. The zero-order valence-electron chi connectivity index (χ0n) is 19.5. The summed E-state index contributed by atoms with van der Waals surface area (Å²) in [5, 5.41) is 5.89. The summed E-state index contributed by atoms with van der Waals surface area (Å²) in [6.45, 7) is 3.66. The molecule has 4 N–H and O–H groups in total. The zero-order chi connectivity index (χ0) is 23.8. The third kappa shape index (κ3) is 4.08. The molecule has 5 rings (SSSR count). The van der Waals surface area contributed by atoms with Crippen LogP contribution in [0.15, 0.2) is 23.0 Å². The van der Waals surface area contributed by atoms with Gasteiger partial charge in [-0.05, 0) is 44.0 Å². The van der Waals surface area contributed by atoms with Crippen LogP contribution in [0.2, 0.25) is 0 Å². The quantitative estimate of drug-likeness (QED) is 0.360. The van der Waals surface area contributed by atoms with E-state index in [1.807, 2.05) is 18.2 Å². The van der Waals surface area contributed by atoms with Crippen LogP contribution in [0, 0.1) is 11.8 Å². The third-order valence-corrected chi connectivity index (χ3v) is 7.48. The molecule has 3 aliphatic rings. The molecular formula is C24H33N5O5. The molecular weight excluding hydrogens is 438 g/mol. The molecule has 1 aromatic carbocycles. The Morgan fingerprint density at radius 2 is 1.91 bits per heavy atom. The fraction of sp³-hybridized carbons (Fsp3) is 0.625. The SMILES string of the molecule is Cn1c(=O)n(C2CCC(=O)NC2=O)c2cccc(CCCNCC3COC4C(CN)COC34)c21. The van der Waals surface area contributed by atoms with Gasteiger partial charge in [0.1, 0.15) is 6.04 Å². The minimum atomic E-state index is -0.667. The monoisotopic (exact) mass is 471 g/mol. The molecule has 5 unspecified atom stereocenters. The third-order valence-electron chi connectivity index (χ3n) is 7.48. The van der Waals surface area contributed by atoms with E-state index < -0.39 is 11.9 Å². The van der Waals surface area contributed by atoms with E-state index in [-0.39, 0.29) is 30.2 Å². The number of imide groups is 1. The van der Waals surface area contributed by atoms with Crippen molar-refractivity contribution < 1.29 is 19.1 Å². The highest BCUT2D eigenvalue weighted by atomic mass is 16.6. The van der Waals surface area contributed by atoms with E-state index >= 15 is 0 Å². The second-order valence-electron chi connectivity index (χ2n) is 9.62. The number of nitrogens with one attached hydrogen (secondary N) is 2. The number of hydrogen-bond acceptors (Lipinski definition) is 7. The van der Waals surface area contributed by atoms with Gasteiger partial charge in [0.2, 0.25) is 11.8 Å². The minimum Gasteiger partial charge on any atom is -0.375 e. The number of hydrogen-bond donors (Lipinski definition) is 3. The molecule has 10 nitrogen and oxygen atoms in total. The molecule has 3 fully saturated rings. The number of carbonyl (C=O) groups is 2. The van der Waals surface area contributed by atoms with Crippen molar-refractivity contribution in [2.45, 2.75) is 43.9 Å². The lowest BCUT2D eigenvalue weighted by molar-refractivity contribution is -0.135. The van der Waals surface area contributed by atoms with E-state index in [9.17, 15) is 14.4 Å². The van der Waals surface area contributed by atoms with Gasteiger partial charge < -0.3 is 20.5 Å². The van der Waals surface area contributed by atoms with Gasteiger partial charge in [-0.1, -0.05) is 12.1 Å². The van der Waals surface area contributed by atoms with Crippen molar-refractivity contribution in [3.05, 3.63) is 34.2 Å². The summed E-state index contributed by atoms with van der Waals surface area (Å²) in [6.07, 6.45) is 2.54. The number of para-hydroxylation sites is 1. The molecule has 0 spiro atoms. The molecule has 0 bridgehead atoms. The number of ether oxygens (including phenoxy) is 2. The van der Waals surface area contributed by atoms with Crippen molar-refractivity contribution in [3.63, 3.8) is 0 Å². The molecule has 2 aromatic rings. The molecule has 0 radical (unpaired) electrons. The molecule has 4 heterocycles. The summed E-state index contributed by atoms with van der Waals surface area (Å²) < 4.78 is 15.0. The van der Waals surface area contributed by atoms with Crippen LogP contribution >= 0.6 is 0 Å². The average molecular weight is 472 g/mol. The number of benzene rings is 1. The Balaban J connectivity index is 1.22. The van der Waals surface area contributed by atoms with Crippen molar-refractivity contribution in [2.75, 3.05) is 32.8 Å². The Morgan fingerprint density at radius 3 is 2.68 bits per heavy atom. The van der Waals surface area contributed by atoms with Crippen molar-refractivity contribution >= 4 is 22.8 Å². The maximum Gasteiger partial charge on any atom is 0.329 e. The van der Waals surface area contributed by atoms with Crippen LogP contribution in [0.3, 0.4) is 0 Å². The van der Waals surface area contributed by atoms with E-state index in [4.69, 9.17) is 15.2 Å². The Bertz CT molecular complexity index is 1140. The van der Waals surface area contributed by atoms with Crippen molar-refractivity contribution in [1.82, 2.24) is 19.8 Å². The van der Waals surface area contributed by atoms with E-state index in [1.54, 1.807) is 11.6 Å². The molecule has 184 valence electrons. The molecule has 1 aromatic heterocycles. The van der Waals surface area contributed by atoms with E-state index in [0.717, 1.165) is 42.5 Å². The molecule has 5 atom stereocenters. The highest BCUT2D eigenvalue weighted by Crippen LogP contribution is 2.34. The first-order valence-electron chi connectivity index (χ1n) is 12.2. The Kier molecular flexibility index (Phi) is 6.57. The lowest BCUT2D eigenvalue weighted by atomic mass is 9.96. The van der Waals surface area contributed by atoms with E-state index in [0.29, 0.717) is 38.0 Å². The number of carbonyl (C=O) groups excluding carboxylic acids is 2. The topological polar surface area (TPSA) is 130 Å². The van der Waals surface area contributed by atoms with Crippen LogP contribution in [0.25, 0.3) is 11.0 Å². The summed E-state index contributed by atoms with van der Waals surface area (Å²) in [4.78, 5) is 37.0. The van der Waals surface area contributed by atoms with Crippen molar-refractivity contribution in [2.24, 2.45) is 24.6 Å². The number of fused-ring (bicyclic) bond motifs is 2. The normalized spacial score (nSPS) is 29.1. The lowest BCUT2D eigenvalue weighted by Gasteiger charge is -2.22. The number of amides is 2. The van der Waals surface area contributed by atoms with Crippen LogP contribution < -0.4 is 22.1 Å². The van der Waals surface area contributed by atoms with Crippen LogP contribution in [-0.4, -0.2) is 66.0 Å². The Morgan fingerprint density at radius 1 is 1.15 bits per heavy atom. The lowest BCUT2D eigenvalue weighted by Crippen LogP contribution is -2.44. The predicted molar refractivity (Wildman–Crippen MR) is 125 cm³/mol. The van der Waals surface area contributed by atoms with Gasteiger partial charge in [0.25, 0.3) is 0 Å². The second-order valence-corrected chi connectivity index (χ2v) is 9.62. The van der Waals surface area contributed by atoms with Gasteiger partial charge in [-0.15, -0.1) is 0 Å². The van der Waals surface area contributed by atoms with Crippen molar-refractivity contribution in [3.8, 4) is 0 Å². The fourth-order valence-corrected chi connectivity index (χ4v) is 5.68. The molecule has 0 saturated carbocycles. The summed E-state index contributed by atoms with van der Waals surface area (Å²) >= 11 is 0. The fourth-order valence-electron chi connectivity index (χ4n) is 5.68. The van der Waals surface area contributed by atoms with E-state index in [2.05, 4.69) is 10.6 Å². The average Bonchev–Trinajstić information content (AvgIpc) is 3.48. The largest absolute Gasteiger partial charge is 0.375 e. The first-order chi connectivity index (χ1) is 16.5. The van der Waals surface area contributed by atoms with E-state index in [1.165, 1.54) is 4.57 Å². The van der Waals surface area contributed by atoms with Gasteiger partial charge in [-0.2, -0.15) is 0 Å². The van der Waals surface area contributed by atoms with Gasteiger partial charge in [-0.25, -0.2) is 4.79 Å².